The Morgan fingerprint density at radius 3 is 0.737 bits per heavy atom. The molecule has 0 N–H and O–H groups in total. The molecule has 0 amide bonds. The molecule has 0 spiro atoms. The van der Waals surface area contributed by atoms with Crippen LogP contribution in [-0.4, -0.2) is 75.8 Å². The van der Waals surface area contributed by atoms with Crippen LogP contribution in [0.15, 0.2) is 0 Å². The first-order valence-corrected chi connectivity index (χ1v) is 19.7. The molecular weight excluding hydrogens is 291 g/mol. The van der Waals surface area contributed by atoms with Crippen molar-refractivity contribution >= 4 is 53.2 Å². The summed E-state index contributed by atoms with van der Waals surface area (Å²) in [5.41, 5.74) is 0. The quantitative estimate of drug-likeness (QED) is 0.731. The molecule has 0 aromatic carbocycles. The number of hydrogen-bond donors (Lipinski definition) is 0. The first kappa shape index (κ1) is 25.3. The van der Waals surface area contributed by atoms with Crippen molar-refractivity contribution in [3.63, 3.8) is 0 Å². The van der Waals surface area contributed by atoms with Crippen molar-refractivity contribution < 1.29 is 0 Å². The third-order valence-corrected chi connectivity index (χ3v) is 18.7. The molecule has 0 fully saturated rings. The molecule has 0 radical (unpaired) electrons. The van der Waals surface area contributed by atoms with Crippen molar-refractivity contribution in [1.82, 2.24) is 8.46 Å². The van der Waals surface area contributed by atoms with E-state index in [1.165, 1.54) is 0 Å². The molecule has 2 nitrogen and oxygen atoms in total. The molecule has 0 heterocycles. The van der Waals surface area contributed by atoms with Crippen LogP contribution in [0.1, 0.15) is 0 Å². The Hall–Kier alpha value is 1.38. The molecule has 19 heavy (non-hydrogen) atoms. The van der Waals surface area contributed by atoms with Crippen molar-refractivity contribution in [3.05, 3.63) is 0 Å². The average molecular weight is 331 g/mol. The molecule has 0 aromatic heterocycles. The van der Waals surface area contributed by atoms with Crippen LogP contribution in [0.2, 0.25) is 65.5 Å². The van der Waals surface area contributed by atoms with Crippen LogP contribution in [0.5, 0.6) is 0 Å². The summed E-state index contributed by atoms with van der Waals surface area (Å²) in [5.74, 6) is 0. The molecule has 0 aliphatic heterocycles. The second-order valence-electron chi connectivity index (χ2n) is 7.75. The van der Waals surface area contributed by atoms with Crippen LogP contribution < -0.4 is 0 Å². The van der Waals surface area contributed by atoms with E-state index in [2.05, 4.69) is 88.0 Å². The number of nitrogens with zero attached hydrogens (tertiary/aromatic N) is 2. The van der Waals surface area contributed by atoms with Gasteiger partial charge in [0.15, 0.2) is 0 Å². The van der Waals surface area contributed by atoms with Gasteiger partial charge in [0.2, 0.25) is 0 Å². The first-order valence-electron chi connectivity index (χ1n) is 7.17. The summed E-state index contributed by atoms with van der Waals surface area (Å²) >= 11 is 0. The summed E-state index contributed by atoms with van der Waals surface area (Å²) in [7, 11) is 1.72. The Morgan fingerprint density at radius 2 is 0.737 bits per heavy atom. The van der Waals surface area contributed by atoms with Crippen LogP contribution in [-0.2, 0) is 0 Å². The van der Waals surface area contributed by atoms with E-state index in [1.54, 1.807) is 0 Å². The summed E-state index contributed by atoms with van der Waals surface area (Å²) < 4.78 is 5.26. The topological polar surface area (TPSA) is 6.48 Å². The van der Waals surface area contributed by atoms with Crippen molar-refractivity contribution in [2.75, 3.05) is 14.1 Å². The van der Waals surface area contributed by atoms with Gasteiger partial charge >= 0.3 is 18.9 Å². The zero-order valence-corrected chi connectivity index (χ0v) is 19.4. The van der Waals surface area contributed by atoms with Gasteiger partial charge in [0.05, 0.1) is 17.9 Å². The second kappa shape index (κ2) is 10.2. The van der Waals surface area contributed by atoms with E-state index in [1.807, 2.05) is 0 Å². The van der Waals surface area contributed by atoms with Crippen molar-refractivity contribution in [1.29, 1.82) is 0 Å². The van der Waals surface area contributed by atoms with Gasteiger partial charge in [-0.25, -0.2) is 0 Å². The van der Waals surface area contributed by atoms with Crippen LogP contribution in [0.3, 0.4) is 0 Å². The Kier molecular flexibility index (Phi) is 13.6. The van der Waals surface area contributed by atoms with E-state index >= 15 is 0 Å². The van der Waals surface area contributed by atoms with Crippen LogP contribution in [0.25, 0.3) is 0 Å². The maximum absolute atomic E-state index is 2.63. The van der Waals surface area contributed by atoms with Crippen molar-refractivity contribution in [2.45, 2.75) is 65.5 Å². The van der Waals surface area contributed by atoms with Crippen LogP contribution >= 0.6 is 0 Å². The van der Waals surface area contributed by atoms with E-state index in [0.717, 1.165) is 0 Å². The molecule has 0 bridgehead atoms. The van der Waals surface area contributed by atoms with Gasteiger partial charge in [-0.15, -0.1) is 0 Å². The summed E-state index contributed by atoms with van der Waals surface area (Å²) in [4.78, 5) is 0. The number of hydrogen-bond acceptors (Lipinski definition) is 2. The third-order valence-electron chi connectivity index (χ3n) is 3.67. The van der Waals surface area contributed by atoms with Gasteiger partial charge < -0.3 is 8.46 Å². The predicted octanol–water partition coefficient (Wildman–Crippen LogP) is 2.82. The van der Waals surface area contributed by atoms with Gasteiger partial charge in [-0.3, -0.25) is 0 Å². The van der Waals surface area contributed by atoms with Crippen LogP contribution in [0.4, 0.5) is 0 Å². The molecule has 0 atom stereocenters. The first-order chi connectivity index (χ1) is 7.71. The minimum atomic E-state index is -0.929. The monoisotopic (exact) mass is 330 g/mol. The van der Waals surface area contributed by atoms with Crippen LogP contribution in [0, 0.1) is 0 Å². The Bertz CT molecular complexity index is 201. The third kappa shape index (κ3) is 12.8. The Morgan fingerprint density at radius 1 is 0.579 bits per heavy atom. The SMILES string of the molecule is CN([SiH](C)C)[Si](C)(C)C.CN([SiH](C)C)[Si](C)(C)C.[LiH]. The molecular formula is C12H39LiN2Si4. The van der Waals surface area contributed by atoms with Gasteiger partial charge in [-0.1, -0.05) is 65.5 Å². The molecule has 114 valence electrons. The van der Waals surface area contributed by atoms with E-state index in [9.17, 15) is 0 Å². The fraction of sp³-hybridized carbons (Fsp3) is 1.00. The molecule has 0 aliphatic carbocycles. The van der Waals surface area contributed by atoms with E-state index in [4.69, 9.17) is 0 Å². The van der Waals surface area contributed by atoms with E-state index in [-0.39, 0.29) is 18.9 Å². The molecule has 0 saturated carbocycles. The van der Waals surface area contributed by atoms with E-state index in [0.29, 0.717) is 0 Å². The second-order valence-corrected chi connectivity index (χ2v) is 24.8. The average Bonchev–Trinajstić information content (AvgIpc) is 2.13. The molecule has 0 saturated heterocycles. The van der Waals surface area contributed by atoms with Gasteiger partial charge in [0.25, 0.3) is 0 Å². The van der Waals surface area contributed by atoms with Gasteiger partial charge in [0.1, 0.15) is 16.5 Å². The summed E-state index contributed by atoms with van der Waals surface area (Å²) in [6.45, 7) is 24.0. The summed E-state index contributed by atoms with van der Waals surface area (Å²) in [5, 5.41) is 0. The van der Waals surface area contributed by atoms with Crippen molar-refractivity contribution in [2.24, 2.45) is 0 Å². The summed E-state index contributed by atoms with van der Waals surface area (Å²) in [6.07, 6.45) is 0. The zero-order chi connectivity index (χ0) is 15.3. The number of rotatable bonds is 4. The molecule has 0 aliphatic rings. The maximum atomic E-state index is 2.63. The van der Waals surface area contributed by atoms with Gasteiger partial charge in [0, 0.05) is 0 Å². The Labute approximate surface area is 141 Å². The minimum absolute atomic E-state index is 0. The van der Waals surface area contributed by atoms with Crippen molar-refractivity contribution in [3.8, 4) is 0 Å². The fourth-order valence-electron chi connectivity index (χ4n) is 1.55. The molecule has 0 aromatic rings. The normalized spacial score (nSPS) is 12.6. The molecule has 7 heteroatoms. The predicted molar refractivity (Wildman–Crippen MR) is 107 cm³/mol. The van der Waals surface area contributed by atoms with Gasteiger partial charge in [-0.2, -0.15) is 0 Å². The Balaban J connectivity index is -0.000000256. The molecule has 0 rings (SSSR count). The molecule has 0 unspecified atom stereocenters. The van der Waals surface area contributed by atoms with Gasteiger partial charge in [-0.05, 0) is 14.1 Å². The standard InChI is InChI=1S/2C6H19NSi2.Li.H/c2*1-7(8(2)3)9(4,5)6;;/h2*8H,1-6H3;;. The zero-order valence-electron chi connectivity index (χ0n) is 15.0. The summed E-state index contributed by atoms with van der Waals surface area (Å²) in [6, 6.07) is 0. The fourth-order valence-corrected chi connectivity index (χ4v) is 13.9. The van der Waals surface area contributed by atoms with E-state index < -0.39 is 34.4 Å².